The van der Waals surface area contributed by atoms with Gasteiger partial charge in [-0.1, -0.05) is 26.8 Å². The van der Waals surface area contributed by atoms with Gasteiger partial charge in [0.25, 0.3) is 0 Å². The molecule has 1 N–H and O–H groups in total. The Hall–Kier alpha value is -1.20. The van der Waals surface area contributed by atoms with Crippen LogP contribution in [0.3, 0.4) is 0 Å². The second-order valence-electron chi connectivity index (χ2n) is 7.44. The van der Waals surface area contributed by atoms with E-state index in [2.05, 4.69) is 52.3 Å². The summed E-state index contributed by atoms with van der Waals surface area (Å²) in [5, 5.41) is 7.80. The maximum Gasteiger partial charge on any atom is 0.232 e. The number of methoxy groups -OCH3 is 1. The monoisotopic (exact) mass is 308 g/mol. The molecule has 1 aromatic rings. The normalized spacial score (nSPS) is 15.4. The van der Waals surface area contributed by atoms with E-state index in [0.717, 1.165) is 5.69 Å². The molecule has 21 heavy (non-hydrogen) atoms. The highest BCUT2D eigenvalue weighted by molar-refractivity contribution is 6.69. The minimum absolute atomic E-state index is 0.0705. The summed E-state index contributed by atoms with van der Waals surface area (Å²) in [5.74, 6) is 0.0705. The Labute approximate surface area is 129 Å². The molecule has 0 amide bonds. The van der Waals surface area contributed by atoms with Gasteiger partial charge in [0.2, 0.25) is 5.90 Å². The second-order valence-corrected chi connectivity index (χ2v) is 11.9. The van der Waals surface area contributed by atoms with Crippen LogP contribution < -0.4 is 0 Å². The maximum atomic E-state index is 7.80. The molecule has 0 aliphatic heterocycles. The highest BCUT2D eigenvalue weighted by Crippen LogP contribution is 2.43. The van der Waals surface area contributed by atoms with Crippen molar-refractivity contribution in [3.8, 4) is 0 Å². The summed E-state index contributed by atoms with van der Waals surface area (Å²) in [5.41, 5.74) is 0.747. The summed E-state index contributed by atoms with van der Waals surface area (Å²) in [6.45, 7) is 15.1. The van der Waals surface area contributed by atoms with Crippen molar-refractivity contribution >= 4 is 14.2 Å². The van der Waals surface area contributed by atoms with E-state index < -0.39 is 13.9 Å². The molecule has 1 unspecified atom stereocenters. The minimum Gasteiger partial charge on any atom is -0.480 e. The second kappa shape index (κ2) is 5.89. The van der Waals surface area contributed by atoms with E-state index in [1.54, 1.807) is 6.07 Å². The van der Waals surface area contributed by atoms with Gasteiger partial charge in [0.15, 0.2) is 8.32 Å². The van der Waals surface area contributed by atoms with Crippen molar-refractivity contribution in [3.05, 3.63) is 29.6 Å². The third kappa shape index (κ3) is 4.14. The molecular formula is C16H28N2O2Si. The largest absolute Gasteiger partial charge is 0.480 e. The molecule has 1 heterocycles. The van der Waals surface area contributed by atoms with Gasteiger partial charge in [0.05, 0.1) is 12.8 Å². The first kappa shape index (κ1) is 17.8. The van der Waals surface area contributed by atoms with Crippen LogP contribution in [0.1, 0.15) is 39.1 Å². The topological polar surface area (TPSA) is 55.2 Å². The van der Waals surface area contributed by atoms with Crippen molar-refractivity contribution in [1.82, 2.24) is 4.98 Å². The summed E-state index contributed by atoms with van der Waals surface area (Å²) in [6, 6.07) is 5.66. The van der Waals surface area contributed by atoms with Crippen molar-refractivity contribution in [2.75, 3.05) is 7.11 Å². The zero-order chi connectivity index (χ0) is 16.5. The Morgan fingerprint density at radius 1 is 1.14 bits per heavy atom. The van der Waals surface area contributed by atoms with Gasteiger partial charge in [-0.05, 0) is 44.1 Å². The Morgan fingerprint density at radius 2 is 1.71 bits per heavy atom. The maximum absolute atomic E-state index is 7.80. The lowest BCUT2D eigenvalue weighted by Gasteiger charge is -2.45. The molecule has 1 aromatic heterocycles. The molecule has 0 aliphatic rings. The van der Waals surface area contributed by atoms with Crippen LogP contribution in [0.5, 0.6) is 0 Å². The molecular weight excluding hydrogens is 280 g/mol. The highest BCUT2D eigenvalue weighted by atomic mass is 28.4. The Morgan fingerprint density at radius 3 is 2.14 bits per heavy atom. The summed E-state index contributed by atoms with van der Waals surface area (Å²) in [7, 11) is -0.279. The van der Waals surface area contributed by atoms with E-state index in [4.69, 9.17) is 14.6 Å². The van der Waals surface area contributed by atoms with E-state index in [1.807, 2.05) is 12.1 Å². The third-order valence-electron chi connectivity index (χ3n) is 3.62. The lowest BCUT2D eigenvalue weighted by atomic mass is 9.75. The van der Waals surface area contributed by atoms with Crippen LogP contribution in [0.4, 0.5) is 0 Å². The summed E-state index contributed by atoms with van der Waals surface area (Å²) >= 11 is 0. The Bertz CT molecular complexity index is 518. The number of nitrogens with zero attached hydrogens (tertiary/aromatic N) is 1. The fourth-order valence-electron chi connectivity index (χ4n) is 2.13. The zero-order valence-corrected chi connectivity index (χ0v) is 15.5. The van der Waals surface area contributed by atoms with Crippen LogP contribution in [0, 0.1) is 10.8 Å². The quantitative estimate of drug-likeness (QED) is 0.516. The molecule has 1 atom stereocenters. The molecule has 0 bridgehead atoms. The van der Waals surface area contributed by atoms with E-state index in [1.165, 1.54) is 7.11 Å². The number of hydrogen-bond acceptors (Lipinski definition) is 4. The lowest BCUT2D eigenvalue weighted by Crippen LogP contribution is -2.47. The molecule has 0 spiro atoms. The minimum atomic E-state index is -1.76. The molecule has 118 valence electrons. The first-order valence-electron chi connectivity index (χ1n) is 7.21. The summed E-state index contributed by atoms with van der Waals surface area (Å²) < 4.78 is 11.5. The lowest BCUT2D eigenvalue weighted by molar-refractivity contribution is -0.0328. The average Bonchev–Trinajstić information content (AvgIpc) is 2.34. The molecule has 4 nitrogen and oxygen atoms in total. The zero-order valence-electron chi connectivity index (χ0n) is 14.5. The molecule has 0 radical (unpaired) electrons. The average molecular weight is 308 g/mol. The number of nitrogens with one attached hydrogen (secondary N) is 1. The van der Waals surface area contributed by atoms with Crippen LogP contribution in [0.15, 0.2) is 18.2 Å². The van der Waals surface area contributed by atoms with E-state index in [0.29, 0.717) is 5.69 Å². The van der Waals surface area contributed by atoms with E-state index in [-0.39, 0.29) is 11.3 Å². The van der Waals surface area contributed by atoms with Crippen molar-refractivity contribution in [2.45, 2.75) is 52.9 Å². The SMILES string of the molecule is COC(=N)c1cccc(C(C)(O[Si](C)(C)C)C(C)(C)C)n1. The molecule has 0 saturated carbocycles. The summed E-state index contributed by atoms with van der Waals surface area (Å²) in [6.07, 6.45) is 0. The van der Waals surface area contributed by atoms with E-state index >= 15 is 0 Å². The first-order valence-corrected chi connectivity index (χ1v) is 10.6. The Balaban J connectivity index is 3.37. The van der Waals surface area contributed by atoms with Crippen molar-refractivity contribution in [2.24, 2.45) is 5.41 Å². The number of hydrogen-bond donors (Lipinski definition) is 1. The van der Waals surface area contributed by atoms with Gasteiger partial charge in [0, 0.05) is 0 Å². The predicted molar refractivity (Wildman–Crippen MR) is 89.3 cm³/mol. The number of pyridine rings is 1. The fourth-order valence-corrected chi connectivity index (χ4v) is 3.77. The van der Waals surface area contributed by atoms with E-state index in [9.17, 15) is 0 Å². The fraction of sp³-hybridized carbons (Fsp3) is 0.625. The van der Waals surface area contributed by atoms with Crippen LogP contribution >= 0.6 is 0 Å². The van der Waals surface area contributed by atoms with Crippen LogP contribution in [0.25, 0.3) is 0 Å². The molecule has 1 rings (SSSR count). The highest BCUT2D eigenvalue weighted by Gasteiger charge is 2.44. The van der Waals surface area contributed by atoms with Crippen LogP contribution in [-0.2, 0) is 14.8 Å². The Kier molecular flexibility index (Phi) is 5.00. The number of aromatic nitrogens is 1. The van der Waals surface area contributed by atoms with Gasteiger partial charge in [-0.2, -0.15) is 0 Å². The van der Waals surface area contributed by atoms with Gasteiger partial charge >= 0.3 is 0 Å². The first-order chi connectivity index (χ1) is 9.40. The van der Waals surface area contributed by atoms with Gasteiger partial charge in [-0.15, -0.1) is 0 Å². The number of rotatable bonds is 4. The molecule has 0 aliphatic carbocycles. The van der Waals surface area contributed by atoms with Gasteiger partial charge in [-0.25, -0.2) is 4.98 Å². The predicted octanol–water partition coefficient (Wildman–Crippen LogP) is 4.17. The molecule has 0 aromatic carbocycles. The van der Waals surface area contributed by atoms with Crippen LogP contribution in [-0.4, -0.2) is 26.3 Å². The van der Waals surface area contributed by atoms with Crippen molar-refractivity contribution < 1.29 is 9.16 Å². The van der Waals surface area contributed by atoms with Gasteiger partial charge < -0.3 is 9.16 Å². The van der Waals surface area contributed by atoms with Crippen LogP contribution in [0.2, 0.25) is 19.6 Å². The number of ether oxygens (including phenoxy) is 1. The molecule has 0 saturated heterocycles. The smallest absolute Gasteiger partial charge is 0.232 e. The standard InChI is InChI=1S/C16H28N2O2Si/c1-15(2,3)16(4,20-21(6,7)8)13-11-9-10-12(18-13)14(17)19-5/h9-11,17H,1-8H3. The molecule has 0 fully saturated rings. The van der Waals surface area contributed by atoms with Gasteiger partial charge in [-0.3, -0.25) is 5.41 Å². The van der Waals surface area contributed by atoms with Crippen molar-refractivity contribution in [1.29, 1.82) is 5.41 Å². The van der Waals surface area contributed by atoms with Gasteiger partial charge in [0.1, 0.15) is 11.3 Å². The third-order valence-corrected chi connectivity index (χ3v) is 4.64. The van der Waals surface area contributed by atoms with Crippen molar-refractivity contribution in [3.63, 3.8) is 0 Å². The molecule has 5 heteroatoms. The summed E-state index contributed by atoms with van der Waals surface area (Å²) in [4.78, 5) is 4.61.